The van der Waals surface area contributed by atoms with Gasteiger partial charge in [0, 0.05) is 43.6 Å². The number of carbonyl (C=O) groups excluding carboxylic acids is 2. The average molecular weight is 376 g/mol. The van der Waals surface area contributed by atoms with Crippen LogP contribution in [0.15, 0.2) is 48.7 Å². The molecule has 1 unspecified atom stereocenters. The number of carbonyl (C=O) groups is 2. The molecule has 3 heterocycles. The predicted molar refractivity (Wildman–Crippen MR) is 106 cm³/mol. The summed E-state index contributed by atoms with van der Waals surface area (Å²) in [6.45, 7) is 3.36. The van der Waals surface area contributed by atoms with E-state index in [2.05, 4.69) is 10.2 Å². The molecule has 3 aromatic rings. The molecule has 1 aliphatic heterocycles. The van der Waals surface area contributed by atoms with Gasteiger partial charge in [0.2, 0.25) is 5.91 Å². The van der Waals surface area contributed by atoms with E-state index >= 15 is 0 Å². The molecule has 0 radical (unpaired) electrons. The van der Waals surface area contributed by atoms with Crippen molar-refractivity contribution in [1.82, 2.24) is 19.5 Å². The summed E-state index contributed by atoms with van der Waals surface area (Å²) in [5.74, 6) is 1.14. The van der Waals surface area contributed by atoms with Gasteiger partial charge in [0.1, 0.15) is 5.82 Å². The largest absolute Gasteiger partial charge is 0.342 e. The summed E-state index contributed by atoms with van der Waals surface area (Å²) in [7, 11) is 0. The van der Waals surface area contributed by atoms with Crippen LogP contribution in [-0.4, -0.2) is 44.3 Å². The Morgan fingerprint density at radius 2 is 1.89 bits per heavy atom. The van der Waals surface area contributed by atoms with Crippen LogP contribution in [0.2, 0.25) is 0 Å². The van der Waals surface area contributed by atoms with Gasteiger partial charge in [-0.3, -0.25) is 14.0 Å². The molecule has 0 saturated carbocycles. The number of hydrogen-bond donors (Lipinski definition) is 0. The van der Waals surface area contributed by atoms with E-state index in [0.29, 0.717) is 12.1 Å². The third-order valence-electron chi connectivity index (χ3n) is 5.42. The highest BCUT2D eigenvalue weighted by molar-refractivity contribution is 5.98. The van der Waals surface area contributed by atoms with E-state index in [1.165, 1.54) is 0 Å². The van der Waals surface area contributed by atoms with E-state index in [1.54, 1.807) is 0 Å². The van der Waals surface area contributed by atoms with Crippen molar-refractivity contribution in [2.45, 2.75) is 38.5 Å². The van der Waals surface area contributed by atoms with Gasteiger partial charge in [-0.05, 0) is 31.9 Å². The van der Waals surface area contributed by atoms with Crippen LogP contribution in [0.1, 0.15) is 53.3 Å². The second-order valence-electron chi connectivity index (χ2n) is 7.46. The number of likely N-dealkylation sites (tertiary alicyclic amines) is 1. The van der Waals surface area contributed by atoms with Crippen molar-refractivity contribution >= 4 is 17.3 Å². The zero-order chi connectivity index (χ0) is 19.5. The summed E-state index contributed by atoms with van der Waals surface area (Å²) in [4.78, 5) is 26.9. The van der Waals surface area contributed by atoms with Crippen molar-refractivity contribution < 1.29 is 9.59 Å². The first kappa shape index (κ1) is 18.3. The molecule has 6 nitrogen and oxygen atoms in total. The van der Waals surface area contributed by atoms with Gasteiger partial charge in [-0.15, -0.1) is 10.2 Å². The van der Waals surface area contributed by atoms with Gasteiger partial charge in [-0.25, -0.2) is 0 Å². The quantitative estimate of drug-likeness (QED) is 0.640. The summed E-state index contributed by atoms with van der Waals surface area (Å²) in [6.07, 6.45) is 4.38. The van der Waals surface area contributed by atoms with Crippen molar-refractivity contribution in [1.29, 1.82) is 0 Å². The number of pyridine rings is 1. The lowest BCUT2D eigenvalue weighted by Crippen LogP contribution is -2.39. The maximum atomic E-state index is 12.7. The molecule has 0 aliphatic carbocycles. The molecule has 0 N–H and O–H groups in total. The fourth-order valence-electron chi connectivity index (χ4n) is 3.82. The van der Waals surface area contributed by atoms with Crippen LogP contribution in [0.4, 0.5) is 0 Å². The van der Waals surface area contributed by atoms with Gasteiger partial charge in [0.15, 0.2) is 11.4 Å². The highest BCUT2D eigenvalue weighted by atomic mass is 16.2. The summed E-state index contributed by atoms with van der Waals surface area (Å²) < 4.78 is 2.00. The minimum absolute atomic E-state index is 0.0189. The molecule has 28 heavy (non-hydrogen) atoms. The number of ketones is 1. The molecule has 144 valence electrons. The number of aromatic nitrogens is 3. The first-order valence-corrected chi connectivity index (χ1v) is 9.79. The smallest absolute Gasteiger partial charge is 0.223 e. The highest BCUT2D eigenvalue weighted by Crippen LogP contribution is 2.26. The molecule has 4 rings (SSSR count). The Bertz CT molecular complexity index is 993. The Labute approximate surface area is 164 Å². The molecule has 1 aromatic carbocycles. The van der Waals surface area contributed by atoms with Gasteiger partial charge < -0.3 is 4.90 Å². The topological polar surface area (TPSA) is 67.6 Å². The van der Waals surface area contributed by atoms with Crippen LogP contribution in [0, 0.1) is 6.92 Å². The van der Waals surface area contributed by atoms with Crippen LogP contribution in [-0.2, 0) is 4.79 Å². The number of rotatable bonds is 5. The number of hydrogen-bond acceptors (Lipinski definition) is 4. The standard InChI is InChI=1S/C22H24N4O2/c1-16-7-9-17(10-8-16)19(27)11-12-21(28)25-13-4-5-18(15-25)22-24-23-20-6-2-3-14-26(20)22/h2-3,6-10,14,18H,4-5,11-13,15H2,1H3. The number of nitrogens with zero attached hydrogens (tertiary/aromatic N) is 4. The predicted octanol–water partition coefficient (Wildman–Crippen LogP) is 3.41. The van der Waals surface area contributed by atoms with E-state index in [9.17, 15) is 9.59 Å². The number of Topliss-reactive ketones (excluding diaryl/α,β-unsaturated/α-hetero) is 1. The molecule has 1 atom stereocenters. The van der Waals surface area contributed by atoms with E-state index in [1.807, 2.05) is 64.9 Å². The van der Waals surface area contributed by atoms with Crippen LogP contribution >= 0.6 is 0 Å². The lowest BCUT2D eigenvalue weighted by molar-refractivity contribution is -0.132. The second kappa shape index (κ2) is 7.92. The lowest BCUT2D eigenvalue weighted by atomic mass is 9.96. The molecule has 1 aliphatic rings. The van der Waals surface area contributed by atoms with Crippen LogP contribution in [0.5, 0.6) is 0 Å². The Kier molecular flexibility index (Phi) is 5.19. The molecule has 1 fully saturated rings. The molecular weight excluding hydrogens is 352 g/mol. The summed E-state index contributed by atoms with van der Waals surface area (Å²) >= 11 is 0. The van der Waals surface area contributed by atoms with Gasteiger partial charge in [0.25, 0.3) is 0 Å². The first-order valence-electron chi connectivity index (χ1n) is 9.79. The van der Waals surface area contributed by atoms with Gasteiger partial charge in [-0.1, -0.05) is 35.9 Å². The van der Waals surface area contributed by atoms with Crippen molar-refractivity contribution in [2.24, 2.45) is 0 Å². The third kappa shape index (κ3) is 3.81. The van der Waals surface area contributed by atoms with E-state index < -0.39 is 0 Å². The normalized spacial score (nSPS) is 17.0. The van der Waals surface area contributed by atoms with Crippen LogP contribution < -0.4 is 0 Å². The molecular formula is C22H24N4O2. The van der Waals surface area contributed by atoms with Crippen LogP contribution in [0.25, 0.3) is 5.65 Å². The molecule has 0 spiro atoms. The van der Waals surface area contributed by atoms with Crippen molar-refractivity contribution in [2.75, 3.05) is 13.1 Å². The fraction of sp³-hybridized carbons (Fsp3) is 0.364. The minimum atomic E-state index is 0.0189. The van der Waals surface area contributed by atoms with E-state index in [0.717, 1.165) is 36.4 Å². The zero-order valence-electron chi connectivity index (χ0n) is 16.0. The number of benzene rings is 1. The number of aryl methyl sites for hydroxylation is 1. The fourth-order valence-corrected chi connectivity index (χ4v) is 3.82. The Hall–Kier alpha value is -3.02. The average Bonchev–Trinajstić information content (AvgIpc) is 3.16. The van der Waals surface area contributed by atoms with Crippen molar-refractivity contribution in [3.63, 3.8) is 0 Å². The zero-order valence-corrected chi connectivity index (χ0v) is 16.0. The van der Waals surface area contributed by atoms with Crippen LogP contribution in [0.3, 0.4) is 0 Å². The van der Waals surface area contributed by atoms with Crippen molar-refractivity contribution in [3.05, 3.63) is 65.6 Å². The highest BCUT2D eigenvalue weighted by Gasteiger charge is 2.28. The Balaban J connectivity index is 1.38. The summed E-state index contributed by atoms with van der Waals surface area (Å²) in [5.41, 5.74) is 2.61. The maximum Gasteiger partial charge on any atom is 0.223 e. The summed E-state index contributed by atoms with van der Waals surface area (Å²) in [5, 5.41) is 8.58. The SMILES string of the molecule is Cc1ccc(C(=O)CCC(=O)N2CCCC(c3nnc4ccccn34)C2)cc1. The van der Waals surface area contributed by atoms with Crippen molar-refractivity contribution in [3.8, 4) is 0 Å². The monoisotopic (exact) mass is 376 g/mol. The number of piperidine rings is 1. The van der Waals surface area contributed by atoms with E-state index in [-0.39, 0.29) is 30.4 Å². The molecule has 1 amide bonds. The Morgan fingerprint density at radius 3 is 2.71 bits per heavy atom. The Morgan fingerprint density at radius 1 is 1.07 bits per heavy atom. The number of amides is 1. The molecule has 2 aromatic heterocycles. The second-order valence-corrected chi connectivity index (χ2v) is 7.46. The lowest BCUT2D eigenvalue weighted by Gasteiger charge is -2.32. The van der Waals surface area contributed by atoms with E-state index in [4.69, 9.17) is 0 Å². The van der Waals surface area contributed by atoms with Gasteiger partial charge in [-0.2, -0.15) is 0 Å². The summed E-state index contributed by atoms with van der Waals surface area (Å²) in [6, 6.07) is 13.3. The first-order chi connectivity index (χ1) is 13.6. The molecule has 6 heteroatoms. The maximum absolute atomic E-state index is 12.7. The molecule has 1 saturated heterocycles. The van der Waals surface area contributed by atoms with Gasteiger partial charge in [0.05, 0.1) is 0 Å². The number of fused-ring (bicyclic) bond motifs is 1. The molecule has 0 bridgehead atoms. The third-order valence-corrected chi connectivity index (χ3v) is 5.42. The minimum Gasteiger partial charge on any atom is -0.342 e. The van der Waals surface area contributed by atoms with Gasteiger partial charge >= 0.3 is 0 Å².